The van der Waals surface area contributed by atoms with Crippen molar-refractivity contribution in [3.8, 4) is 0 Å². The molecule has 6 rings (SSSR count). The lowest BCUT2D eigenvalue weighted by atomic mass is 9.75. The van der Waals surface area contributed by atoms with E-state index in [1.165, 1.54) is 11.8 Å². The topological polar surface area (TPSA) is 122 Å². The summed E-state index contributed by atoms with van der Waals surface area (Å²) < 4.78 is 13.1. The van der Waals surface area contributed by atoms with Crippen LogP contribution < -0.4 is 10.2 Å². The van der Waals surface area contributed by atoms with Crippen LogP contribution in [0.15, 0.2) is 62.4 Å². The number of anilines is 2. The number of allylic oxidation sites excluding steroid dienone is 2. The van der Waals surface area contributed by atoms with E-state index < -0.39 is 58.2 Å². The number of ketones is 2. The molecular formula is C29H26Br2N2O7S. The molecule has 2 saturated heterocycles. The Hall–Kier alpha value is -2.51. The lowest BCUT2D eigenvalue weighted by Crippen LogP contribution is -2.53. The summed E-state index contributed by atoms with van der Waals surface area (Å²) in [6, 6.07) is 12.4. The van der Waals surface area contributed by atoms with Gasteiger partial charge < -0.3 is 24.8 Å². The highest BCUT2D eigenvalue weighted by Crippen LogP contribution is 2.58. The van der Waals surface area contributed by atoms with Crippen molar-refractivity contribution in [2.24, 2.45) is 17.8 Å². The van der Waals surface area contributed by atoms with E-state index in [0.717, 1.165) is 28.2 Å². The molecule has 41 heavy (non-hydrogen) atoms. The van der Waals surface area contributed by atoms with E-state index in [4.69, 9.17) is 9.47 Å². The number of halogens is 2. The van der Waals surface area contributed by atoms with Crippen LogP contribution in [-0.2, 0) is 28.7 Å². The molecule has 9 nitrogen and oxygen atoms in total. The minimum absolute atomic E-state index is 0.461. The van der Waals surface area contributed by atoms with E-state index in [0.29, 0.717) is 28.9 Å². The van der Waals surface area contributed by atoms with Gasteiger partial charge in [0.05, 0.1) is 36.4 Å². The SMILES string of the molecule is CC1=CC2C(=O)[C@@]3(O[C@@H](c4ccc(Br)c(Br)c4)[C@@H](C(=O)Nc4ccc(N5CCOCC5)cc4)[C@H]3C(=O)O)C(=O)C2S1. The summed E-state index contributed by atoms with van der Waals surface area (Å²) in [5.41, 5.74) is -0.353. The highest BCUT2D eigenvalue weighted by Gasteiger charge is 2.74. The molecule has 1 aliphatic carbocycles. The first-order valence-corrected chi connectivity index (χ1v) is 15.6. The molecule has 2 unspecified atom stereocenters. The number of ether oxygens (including phenoxy) is 2. The molecule has 1 amide bonds. The number of carbonyl (C=O) groups excluding carboxylic acids is 3. The molecule has 2 aromatic carbocycles. The monoisotopic (exact) mass is 704 g/mol. The molecule has 0 radical (unpaired) electrons. The zero-order valence-corrected chi connectivity index (χ0v) is 25.8. The summed E-state index contributed by atoms with van der Waals surface area (Å²) in [4.78, 5) is 57.6. The molecule has 1 saturated carbocycles. The number of rotatable bonds is 5. The Kier molecular flexibility index (Phi) is 7.65. The summed E-state index contributed by atoms with van der Waals surface area (Å²) in [6.45, 7) is 4.60. The summed E-state index contributed by atoms with van der Waals surface area (Å²) >= 11 is 8.12. The van der Waals surface area contributed by atoms with Gasteiger partial charge in [0, 0.05) is 33.4 Å². The van der Waals surface area contributed by atoms with Crippen LogP contribution in [0.4, 0.5) is 11.4 Å². The maximum absolute atomic E-state index is 14.0. The predicted molar refractivity (Wildman–Crippen MR) is 160 cm³/mol. The van der Waals surface area contributed by atoms with Gasteiger partial charge >= 0.3 is 5.97 Å². The number of carbonyl (C=O) groups is 4. The number of thioether (sulfide) groups is 1. The summed E-state index contributed by atoms with van der Waals surface area (Å²) in [6.07, 6.45) is 0.538. The quantitative estimate of drug-likeness (QED) is 0.430. The predicted octanol–water partition coefficient (Wildman–Crippen LogP) is 4.60. The average Bonchev–Trinajstić information content (AvgIpc) is 3.59. The number of carboxylic acids is 1. The van der Waals surface area contributed by atoms with Crippen molar-refractivity contribution in [3.63, 3.8) is 0 Å². The Morgan fingerprint density at radius 1 is 1.05 bits per heavy atom. The number of Topliss-reactive ketones (excluding diaryl/α,β-unsaturated/α-hetero) is 2. The van der Waals surface area contributed by atoms with Crippen molar-refractivity contribution in [1.29, 1.82) is 0 Å². The van der Waals surface area contributed by atoms with Crippen molar-refractivity contribution in [1.82, 2.24) is 0 Å². The Morgan fingerprint density at radius 3 is 2.39 bits per heavy atom. The maximum atomic E-state index is 14.0. The number of benzene rings is 2. The van der Waals surface area contributed by atoms with Gasteiger partial charge in [0.2, 0.25) is 11.5 Å². The van der Waals surface area contributed by atoms with Gasteiger partial charge in [-0.2, -0.15) is 0 Å². The molecular weight excluding hydrogens is 680 g/mol. The molecule has 0 aromatic heterocycles. The van der Waals surface area contributed by atoms with Gasteiger partial charge in [0.15, 0.2) is 11.6 Å². The first kappa shape index (κ1) is 28.6. The number of carboxylic acid groups (broad SMARTS) is 1. The fourth-order valence-corrected chi connectivity index (χ4v) is 8.14. The number of amides is 1. The summed E-state index contributed by atoms with van der Waals surface area (Å²) in [5.74, 6) is -7.13. The Balaban J connectivity index is 1.37. The van der Waals surface area contributed by atoms with Gasteiger partial charge in [-0.25, -0.2) is 0 Å². The van der Waals surface area contributed by atoms with Crippen molar-refractivity contribution >= 4 is 78.4 Å². The minimum Gasteiger partial charge on any atom is -0.481 e. The van der Waals surface area contributed by atoms with Crippen molar-refractivity contribution in [2.75, 3.05) is 36.5 Å². The van der Waals surface area contributed by atoms with E-state index in [2.05, 4.69) is 42.1 Å². The van der Waals surface area contributed by atoms with E-state index in [-0.39, 0.29) is 0 Å². The van der Waals surface area contributed by atoms with Crippen molar-refractivity contribution in [2.45, 2.75) is 23.9 Å². The molecule has 1 spiro atoms. The van der Waals surface area contributed by atoms with Gasteiger partial charge in [0.25, 0.3) is 0 Å². The molecule has 0 bridgehead atoms. The second-order valence-electron chi connectivity index (χ2n) is 10.5. The third-order valence-corrected chi connectivity index (χ3v) is 11.3. The lowest BCUT2D eigenvalue weighted by molar-refractivity contribution is -0.164. The number of hydrogen-bond donors (Lipinski definition) is 2. The van der Waals surface area contributed by atoms with Crippen LogP contribution in [0, 0.1) is 17.8 Å². The van der Waals surface area contributed by atoms with Crippen LogP contribution in [0.3, 0.4) is 0 Å². The molecule has 3 heterocycles. The third kappa shape index (κ3) is 4.77. The zero-order valence-electron chi connectivity index (χ0n) is 21.8. The van der Waals surface area contributed by atoms with Gasteiger partial charge in [-0.15, -0.1) is 11.8 Å². The number of nitrogens with one attached hydrogen (secondary N) is 1. The number of aliphatic carboxylic acids is 1. The van der Waals surface area contributed by atoms with Gasteiger partial charge in [-0.3, -0.25) is 19.2 Å². The van der Waals surface area contributed by atoms with Crippen LogP contribution in [0.5, 0.6) is 0 Å². The Labute approximate surface area is 257 Å². The van der Waals surface area contributed by atoms with E-state index in [9.17, 15) is 24.3 Å². The molecule has 4 aliphatic rings. The van der Waals surface area contributed by atoms with Gasteiger partial charge in [-0.1, -0.05) is 12.1 Å². The number of nitrogens with zero attached hydrogens (tertiary/aromatic N) is 1. The van der Waals surface area contributed by atoms with Crippen LogP contribution in [0.25, 0.3) is 0 Å². The largest absolute Gasteiger partial charge is 0.481 e. The molecule has 3 aliphatic heterocycles. The van der Waals surface area contributed by atoms with Gasteiger partial charge in [0.1, 0.15) is 5.92 Å². The highest BCUT2D eigenvalue weighted by atomic mass is 79.9. The van der Waals surface area contributed by atoms with Crippen LogP contribution >= 0.6 is 43.6 Å². The van der Waals surface area contributed by atoms with Crippen LogP contribution in [-0.4, -0.2) is 65.7 Å². The third-order valence-electron chi connectivity index (χ3n) is 8.13. The number of morpholine rings is 1. The van der Waals surface area contributed by atoms with Crippen molar-refractivity contribution in [3.05, 3.63) is 68.0 Å². The smallest absolute Gasteiger partial charge is 0.311 e. The molecule has 12 heteroatoms. The average molecular weight is 706 g/mol. The fourth-order valence-electron chi connectivity index (χ4n) is 6.24. The lowest BCUT2D eigenvalue weighted by Gasteiger charge is -2.29. The molecule has 2 N–H and O–H groups in total. The zero-order chi connectivity index (χ0) is 29.1. The Bertz CT molecular complexity index is 1480. The molecule has 2 aromatic rings. The van der Waals surface area contributed by atoms with Crippen LogP contribution in [0.2, 0.25) is 0 Å². The summed E-state index contributed by atoms with van der Waals surface area (Å²) in [7, 11) is 0. The first-order valence-electron chi connectivity index (χ1n) is 13.1. The second-order valence-corrected chi connectivity index (χ2v) is 13.6. The standard InChI is InChI=1S/C29H26Br2N2O7S/c1-14-12-18-24(41-14)26(35)29(25(18)34)22(28(37)38)21(23(40-29)15-2-7-19(30)20(31)13-15)27(36)32-16-3-5-17(6-4-16)33-8-10-39-11-9-33/h2-7,12-13,18,21-24H,8-11H2,1H3,(H,32,36)(H,37,38)/t18?,21-,22-,23-,24?,29+/m0/s1. The summed E-state index contributed by atoms with van der Waals surface area (Å²) in [5, 5.41) is 12.6. The normalized spacial score (nSPS) is 31.0. The fraction of sp³-hybridized carbons (Fsp3) is 0.379. The second kappa shape index (κ2) is 11.0. The number of hydrogen-bond acceptors (Lipinski definition) is 8. The van der Waals surface area contributed by atoms with Crippen LogP contribution in [0.1, 0.15) is 18.6 Å². The molecule has 214 valence electrons. The molecule has 3 fully saturated rings. The first-order chi connectivity index (χ1) is 19.6. The van der Waals surface area contributed by atoms with E-state index in [1.807, 2.05) is 19.1 Å². The maximum Gasteiger partial charge on any atom is 0.311 e. The minimum atomic E-state index is -2.27. The van der Waals surface area contributed by atoms with Crippen molar-refractivity contribution < 1.29 is 33.8 Å². The molecule has 6 atom stereocenters. The van der Waals surface area contributed by atoms with E-state index in [1.54, 1.807) is 36.4 Å². The van der Waals surface area contributed by atoms with Gasteiger partial charge in [-0.05, 0) is 85.7 Å². The highest BCUT2D eigenvalue weighted by molar-refractivity contribution is 9.13. The number of fused-ring (bicyclic) bond motifs is 1. The Morgan fingerprint density at radius 2 is 1.76 bits per heavy atom. The van der Waals surface area contributed by atoms with E-state index >= 15 is 0 Å².